The molecule has 1 amide bonds. The Hall–Kier alpha value is -3.28. The van der Waals surface area contributed by atoms with E-state index >= 15 is 0 Å². The van der Waals surface area contributed by atoms with E-state index in [0.29, 0.717) is 22.4 Å². The number of anilines is 1. The van der Waals surface area contributed by atoms with Crippen LogP contribution in [0.25, 0.3) is 22.0 Å². The second kappa shape index (κ2) is 4.88. The van der Waals surface area contributed by atoms with E-state index in [-0.39, 0.29) is 5.91 Å². The van der Waals surface area contributed by atoms with Crippen LogP contribution in [0.2, 0.25) is 0 Å². The monoisotopic (exact) mass is 307 g/mol. The van der Waals surface area contributed by atoms with Gasteiger partial charge < -0.3 is 14.3 Å². The Kier molecular flexibility index (Phi) is 2.84. The summed E-state index contributed by atoms with van der Waals surface area (Å²) in [6.45, 7) is 0. The third kappa shape index (κ3) is 2.30. The van der Waals surface area contributed by atoms with Crippen molar-refractivity contribution in [3.8, 4) is 0 Å². The van der Waals surface area contributed by atoms with Gasteiger partial charge in [0, 0.05) is 41.5 Å². The minimum atomic E-state index is -0.516. The van der Waals surface area contributed by atoms with Crippen molar-refractivity contribution < 1.29 is 9.21 Å². The summed E-state index contributed by atoms with van der Waals surface area (Å²) >= 11 is 0. The maximum Gasteiger partial charge on any atom is 0.417 e. The number of carbonyl (C=O) groups excluding carboxylic acids is 1. The van der Waals surface area contributed by atoms with E-state index in [4.69, 9.17) is 4.42 Å². The number of nitrogens with one attached hydrogen (secondary N) is 2. The molecule has 2 heterocycles. The van der Waals surface area contributed by atoms with Gasteiger partial charge in [-0.15, -0.1) is 0 Å². The summed E-state index contributed by atoms with van der Waals surface area (Å²) < 4.78 is 6.99. The Labute approximate surface area is 130 Å². The van der Waals surface area contributed by atoms with E-state index in [0.717, 1.165) is 10.9 Å². The van der Waals surface area contributed by atoms with Crippen molar-refractivity contribution in [1.82, 2.24) is 9.55 Å². The molecule has 0 spiro atoms. The third-order valence-corrected chi connectivity index (χ3v) is 3.83. The molecule has 0 radical (unpaired) electrons. The Balaban J connectivity index is 1.65. The second-order valence-electron chi connectivity index (χ2n) is 5.38. The number of rotatable bonds is 2. The number of fused-ring (bicyclic) bond motifs is 2. The lowest BCUT2D eigenvalue weighted by molar-refractivity contribution is 0.102. The van der Waals surface area contributed by atoms with Crippen LogP contribution in [0.5, 0.6) is 0 Å². The number of aryl methyl sites for hydroxylation is 1. The Morgan fingerprint density at radius 2 is 2.04 bits per heavy atom. The van der Waals surface area contributed by atoms with E-state index in [1.54, 1.807) is 24.3 Å². The van der Waals surface area contributed by atoms with Gasteiger partial charge in [-0.25, -0.2) is 4.79 Å². The normalized spacial score (nSPS) is 11.2. The van der Waals surface area contributed by atoms with Gasteiger partial charge in [-0.1, -0.05) is 0 Å². The summed E-state index contributed by atoms with van der Waals surface area (Å²) in [4.78, 5) is 26.1. The molecule has 23 heavy (non-hydrogen) atoms. The van der Waals surface area contributed by atoms with Crippen molar-refractivity contribution >= 4 is 33.6 Å². The van der Waals surface area contributed by atoms with Crippen molar-refractivity contribution in [2.75, 3.05) is 5.32 Å². The van der Waals surface area contributed by atoms with Crippen LogP contribution in [0.15, 0.2) is 57.9 Å². The molecule has 114 valence electrons. The largest absolute Gasteiger partial charge is 0.417 e. The molecular formula is C17H13N3O3. The first-order chi connectivity index (χ1) is 11.1. The van der Waals surface area contributed by atoms with E-state index in [1.165, 1.54) is 0 Å². The van der Waals surface area contributed by atoms with Gasteiger partial charge >= 0.3 is 5.76 Å². The first kappa shape index (κ1) is 13.4. The fraction of sp³-hybridized carbons (Fsp3) is 0.0588. The average Bonchev–Trinajstić information content (AvgIpc) is 3.08. The Morgan fingerprint density at radius 3 is 2.91 bits per heavy atom. The van der Waals surface area contributed by atoms with E-state index in [9.17, 15) is 9.59 Å². The SMILES string of the molecule is Cn1ccc2cc(C(=O)Nc3ccc4[nH]c(=O)oc4c3)ccc21. The predicted molar refractivity (Wildman–Crippen MR) is 87.7 cm³/mol. The van der Waals surface area contributed by atoms with E-state index < -0.39 is 5.76 Å². The third-order valence-electron chi connectivity index (χ3n) is 3.83. The number of nitrogens with zero attached hydrogens (tertiary/aromatic N) is 1. The van der Waals surface area contributed by atoms with Crippen molar-refractivity contribution in [2.45, 2.75) is 0 Å². The van der Waals surface area contributed by atoms with Gasteiger partial charge in [0.25, 0.3) is 5.91 Å². The van der Waals surface area contributed by atoms with Crippen molar-refractivity contribution in [2.24, 2.45) is 7.05 Å². The zero-order valence-electron chi connectivity index (χ0n) is 12.3. The summed E-state index contributed by atoms with van der Waals surface area (Å²) in [5.41, 5.74) is 3.21. The molecule has 0 aliphatic rings. The number of aromatic amines is 1. The number of amides is 1. The molecule has 2 N–H and O–H groups in total. The molecule has 0 atom stereocenters. The first-order valence-corrected chi connectivity index (χ1v) is 7.09. The van der Waals surface area contributed by atoms with E-state index in [1.807, 2.05) is 36.0 Å². The number of aromatic nitrogens is 2. The molecule has 2 aromatic carbocycles. The van der Waals surface area contributed by atoms with Crippen LogP contribution in [0.4, 0.5) is 5.69 Å². The van der Waals surface area contributed by atoms with Gasteiger partial charge in [0.05, 0.1) is 5.52 Å². The van der Waals surface area contributed by atoms with Gasteiger partial charge in [0.15, 0.2) is 5.58 Å². The van der Waals surface area contributed by atoms with Crippen molar-refractivity contribution in [1.29, 1.82) is 0 Å². The quantitative estimate of drug-likeness (QED) is 0.597. The highest BCUT2D eigenvalue weighted by Gasteiger charge is 2.09. The highest BCUT2D eigenvalue weighted by atomic mass is 16.4. The molecule has 0 saturated heterocycles. The van der Waals surface area contributed by atoms with Crippen LogP contribution in [-0.2, 0) is 7.05 Å². The zero-order chi connectivity index (χ0) is 16.0. The lowest BCUT2D eigenvalue weighted by Gasteiger charge is -2.05. The summed E-state index contributed by atoms with van der Waals surface area (Å²) in [5.74, 6) is -0.731. The number of oxazole rings is 1. The van der Waals surface area contributed by atoms with Crippen LogP contribution in [0.1, 0.15) is 10.4 Å². The fourth-order valence-electron chi connectivity index (χ4n) is 2.65. The van der Waals surface area contributed by atoms with Crippen LogP contribution in [0, 0.1) is 0 Å². The smallest absolute Gasteiger partial charge is 0.408 e. The number of hydrogen-bond acceptors (Lipinski definition) is 3. The lowest BCUT2D eigenvalue weighted by Crippen LogP contribution is -2.11. The highest BCUT2D eigenvalue weighted by Crippen LogP contribution is 2.19. The van der Waals surface area contributed by atoms with Crippen molar-refractivity contribution in [3.63, 3.8) is 0 Å². The standard InChI is InChI=1S/C17H13N3O3/c1-20-7-6-10-8-11(2-5-14(10)20)16(21)18-12-3-4-13-15(9-12)23-17(22)19-13/h2-9H,1H3,(H,18,21)(H,19,22). The molecule has 0 unspecified atom stereocenters. The Morgan fingerprint density at radius 1 is 1.17 bits per heavy atom. The van der Waals surface area contributed by atoms with E-state index in [2.05, 4.69) is 10.3 Å². The molecule has 6 heteroatoms. The van der Waals surface area contributed by atoms with Gasteiger partial charge in [0.1, 0.15) is 0 Å². The molecular weight excluding hydrogens is 294 g/mol. The summed E-state index contributed by atoms with van der Waals surface area (Å²) in [7, 11) is 1.96. The molecule has 4 aromatic rings. The molecule has 0 fully saturated rings. The van der Waals surface area contributed by atoms with Gasteiger partial charge in [-0.2, -0.15) is 0 Å². The van der Waals surface area contributed by atoms with Crippen LogP contribution in [-0.4, -0.2) is 15.5 Å². The molecule has 2 aromatic heterocycles. The Bertz CT molecular complexity index is 1100. The predicted octanol–water partition coefficient (Wildman–Crippen LogP) is 2.87. The zero-order valence-corrected chi connectivity index (χ0v) is 12.3. The number of benzene rings is 2. The van der Waals surface area contributed by atoms with Gasteiger partial charge in [0.2, 0.25) is 0 Å². The minimum Gasteiger partial charge on any atom is -0.408 e. The van der Waals surface area contributed by atoms with Crippen LogP contribution < -0.4 is 11.1 Å². The van der Waals surface area contributed by atoms with Gasteiger partial charge in [-0.3, -0.25) is 9.78 Å². The molecule has 6 nitrogen and oxygen atoms in total. The number of carbonyl (C=O) groups is 1. The van der Waals surface area contributed by atoms with Crippen LogP contribution in [0.3, 0.4) is 0 Å². The van der Waals surface area contributed by atoms with Gasteiger partial charge in [-0.05, 0) is 36.4 Å². The maximum absolute atomic E-state index is 12.4. The summed E-state index contributed by atoms with van der Waals surface area (Å²) in [6.07, 6.45) is 1.95. The van der Waals surface area contributed by atoms with Crippen molar-refractivity contribution in [3.05, 3.63) is 64.8 Å². The van der Waals surface area contributed by atoms with Crippen LogP contribution >= 0.6 is 0 Å². The molecule has 0 aliphatic heterocycles. The molecule has 4 rings (SSSR count). The summed E-state index contributed by atoms with van der Waals surface area (Å²) in [5, 5.41) is 3.82. The summed E-state index contributed by atoms with van der Waals surface area (Å²) in [6, 6.07) is 12.5. The first-order valence-electron chi connectivity index (χ1n) is 7.09. The number of H-pyrrole nitrogens is 1. The number of hydrogen-bond donors (Lipinski definition) is 2. The fourth-order valence-corrected chi connectivity index (χ4v) is 2.65. The average molecular weight is 307 g/mol. The maximum atomic E-state index is 12.4. The molecule has 0 bridgehead atoms. The minimum absolute atomic E-state index is 0.215. The highest BCUT2D eigenvalue weighted by molar-refractivity contribution is 6.06. The topological polar surface area (TPSA) is 80.0 Å². The molecule has 0 saturated carbocycles. The lowest BCUT2D eigenvalue weighted by atomic mass is 10.1. The second-order valence-corrected chi connectivity index (χ2v) is 5.38. The molecule has 0 aliphatic carbocycles.